The maximum Gasteiger partial charge on any atom is 0.302 e. The van der Waals surface area contributed by atoms with E-state index in [2.05, 4.69) is 15.2 Å². The number of carbonyl (C=O) groups is 1. The molecule has 17 heteroatoms. The van der Waals surface area contributed by atoms with E-state index in [1.165, 1.54) is 17.2 Å². The maximum absolute atomic E-state index is 17.2. The highest BCUT2D eigenvalue weighted by Gasteiger charge is 2.50. The van der Waals surface area contributed by atoms with Crippen LogP contribution in [-0.4, -0.2) is 89.3 Å². The second-order valence-corrected chi connectivity index (χ2v) is 14.8. The van der Waals surface area contributed by atoms with Crippen LogP contribution in [-0.2, 0) is 9.53 Å². The number of halogens is 6. The highest BCUT2D eigenvalue weighted by atomic mass is 35.5. The van der Waals surface area contributed by atoms with Gasteiger partial charge in [-0.05, 0) is 37.4 Å². The number of thiophene rings is 1. The number of benzene rings is 2. The van der Waals surface area contributed by atoms with Crippen LogP contribution >= 0.6 is 34.5 Å². The second-order valence-electron chi connectivity index (χ2n) is 13.0. The van der Waals surface area contributed by atoms with Gasteiger partial charge in [-0.3, -0.25) is 9.69 Å². The van der Waals surface area contributed by atoms with Gasteiger partial charge >= 0.3 is 5.95 Å². The molecule has 2 unspecified atom stereocenters. The summed E-state index contributed by atoms with van der Waals surface area (Å²) < 4.78 is 73.3. The van der Waals surface area contributed by atoms with Crippen molar-refractivity contribution in [2.75, 3.05) is 50.5 Å². The molecule has 6 heterocycles. The van der Waals surface area contributed by atoms with Crippen molar-refractivity contribution < 1.29 is 31.8 Å². The van der Waals surface area contributed by atoms with E-state index in [1.807, 2.05) is 6.07 Å². The standard InChI is InChI=1S/C33H29Cl2F4N7O3S/c34-24-22(17-2-3-19(37)28-21(17)18(9-40)30(41)50-28)25(38)27-23-26(24)42-14-43-31(23)46(16-4-7-44(11-16)32(47)29(35)39)12-20(49-27)48-13-33-5-1-6-45(33)10-15(36)8-33/h2-3,12,15-16,29,42H,1,4-8,10-11,13-14,41H2/t15-,16?,29?,33+/m1/s1. The van der Waals surface area contributed by atoms with Crippen LogP contribution in [0.5, 0.6) is 5.75 Å². The van der Waals surface area contributed by atoms with Crippen molar-refractivity contribution in [1.29, 1.82) is 5.26 Å². The molecule has 0 radical (unpaired) electrons. The van der Waals surface area contributed by atoms with Gasteiger partial charge in [-0.1, -0.05) is 29.3 Å². The molecule has 10 nitrogen and oxygen atoms in total. The van der Waals surface area contributed by atoms with E-state index in [4.69, 9.17) is 38.4 Å². The molecule has 5 aliphatic rings. The Kier molecular flexibility index (Phi) is 8.21. The molecule has 8 rings (SSSR count). The molecule has 1 amide bonds. The number of hydrogen-bond donors (Lipinski definition) is 2. The van der Waals surface area contributed by atoms with Crippen molar-refractivity contribution in [3.8, 4) is 22.9 Å². The lowest BCUT2D eigenvalue weighted by molar-refractivity contribution is -0.132. The zero-order chi connectivity index (χ0) is 35.1. The highest BCUT2D eigenvalue weighted by molar-refractivity contribution is 7.23. The molecule has 50 heavy (non-hydrogen) atoms. The van der Waals surface area contributed by atoms with E-state index in [0.717, 1.165) is 30.4 Å². The highest BCUT2D eigenvalue weighted by Crippen LogP contribution is 2.51. The largest absolute Gasteiger partial charge is 0.462 e. The molecule has 4 atom stereocenters. The smallest absolute Gasteiger partial charge is 0.302 e. The third-order valence-corrected chi connectivity index (χ3v) is 11.8. The number of rotatable bonds is 6. The van der Waals surface area contributed by atoms with Crippen LogP contribution in [0.25, 0.3) is 21.2 Å². The van der Waals surface area contributed by atoms with Crippen LogP contribution in [0.15, 0.2) is 29.3 Å². The Morgan fingerprint density at radius 1 is 1.30 bits per heavy atom. The summed E-state index contributed by atoms with van der Waals surface area (Å²) in [5.74, 6) is -2.59. The average molecular weight is 751 g/mol. The summed E-state index contributed by atoms with van der Waals surface area (Å²) in [6, 6.07) is 4.02. The van der Waals surface area contributed by atoms with Gasteiger partial charge in [0, 0.05) is 37.0 Å². The van der Waals surface area contributed by atoms with Crippen LogP contribution in [0.2, 0.25) is 5.02 Å². The normalized spacial score (nSPS) is 24.9. The lowest BCUT2D eigenvalue weighted by atomic mass is 9.94. The third-order valence-electron chi connectivity index (χ3n) is 10.2. The van der Waals surface area contributed by atoms with E-state index in [-0.39, 0.29) is 98.4 Å². The Morgan fingerprint density at radius 2 is 2.12 bits per heavy atom. The number of nitrogens with zero attached hydrogens (tertiary/aromatic N) is 5. The number of alkyl halides is 3. The summed E-state index contributed by atoms with van der Waals surface area (Å²) in [4.78, 5) is 22.2. The summed E-state index contributed by atoms with van der Waals surface area (Å²) in [5.41, 5.74) is 3.68. The van der Waals surface area contributed by atoms with Crippen LogP contribution in [0, 0.1) is 23.0 Å². The fraction of sp³-hybridized carbons (Fsp3) is 0.424. The van der Waals surface area contributed by atoms with E-state index >= 15 is 4.39 Å². The molecule has 0 saturated carbocycles. The first kappa shape index (κ1) is 33.2. The number of hydrogen-bond acceptors (Lipinski definition) is 10. The SMILES string of the molecule is N#Cc1c(N)sc2c(F)ccc(-c3c(F)c4c5c(c3Cl)NCN=C5N(C3CCN(C(=O)C(F)Cl)C3)C=C(OC[C@@]35CCCN3C[C@H](F)C5)O4)c12. The predicted molar refractivity (Wildman–Crippen MR) is 182 cm³/mol. The Hall–Kier alpha value is -3.97. The number of ether oxygens (including phenoxy) is 2. The molecule has 3 N–H and O–H groups in total. The van der Waals surface area contributed by atoms with E-state index < -0.39 is 40.9 Å². The van der Waals surface area contributed by atoms with Gasteiger partial charge in [0.1, 0.15) is 42.2 Å². The van der Waals surface area contributed by atoms with Crippen LogP contribution in [0.4, 0.5) is 28.3 Å². The van der Waals surface area contributed by atoms with E-state index in [9.17, 15) is 23.2 Å². The second kappa shape index (κ2) is 12.4. The van der Waals surface area contributed by atoms with E-state index in [0.29, 0.717) is 19.4 Å². The first-order valence-electron chi connectivity index (χ1n) is 16.0. The first-order valence-corrected chi connectivity index (χ1v) is 17.7. The quantitative estimate of drug-likeness (QED) is 0.223. The van der Waals surface area contributed by atoms with Gasteiger partial charge in [0.25, 0.3) is 11.5 Å². The number of likely N-dealkylation sites (tertiary alicyclic amines) is 1. The summed E-state index contributed by atoms with van der Waals surface area (Å²) in [5, 5.41) is 13.1. The molecule has 3 aromatic rings. The number of carbonyl (C=O) groups excluding carboxylic acids is 1. The molecular formula is C33H29Cl2F4N7O3S. The Morgan fingerprint density at radius 3 is 2.90 bits per heavy atom. The van der Waals surface area contributed by atoms with Crippen molar-refractivity contribution >= 4 is 67.1 Å². The number of aliphatic imine (C=N–C) groups is 1. The van der Waals surface area contributed by atoms with Gasteiger partial charge in [0.2, 0.25) is 0 Å². The molecular weight excluding hydrogens is 721 g/mol. The minimum atomic E-state index is -2.21. The monoisotopic (exact) mass is 749 g/mol. The number of amides is 1. The third kappa shape index (κ3) is 5.13. The summed E-state index contributed by atoms with van der Waals surface area (Å²) in [6.45, 7) is 1.39. The number of fused-ring (bicyclic) bond motifs is 2. The van der Waals surface area contributed by atoms with Crippen molar-refractivity contribution in [2.24, 2.45) is 4.99 Å². The molecule has 262 valence electrons. The molecule has 1 aromatic heterocycles. The van der Waals surface area contributed by atoms with Crippen molar-refractivity contribution in [2.45, 2.75) is 49.1 Å². The minimum absolute atomic E-state index is 0.0133. The number of nitriles is 1. The molecule has 0 spiro atoms. The Balaban J connectivity index is 1.27. The van der Waals surface area contributed by atoms with Gasteiger partial charge in [0.05, 0.1) is 44.3 Å². The molecule has 2 aromatic carbocycles. The van der Waals surface area contributed by atoms with Crippen molar-refractivity contribution in [1.82, 2.24) is 14.7 Å². The number of nitrogens with one attached hydrogen (secondary N) is 1. The topological polar surface area (TPSA) is 119 Å². The molecule has 3 fully saturated rings. The molecule has 0 aliphatic carbocycles. The predicted octanol–water partition coefficient (Wildman–Crippen LogP) is 6.30. The number of nitrogens with two attached hydrogens (primary N) is 1. The molecule has 5 aliphatic heterocycles. The minimum Gasteiger partial charge on any atom is -0.462 e. The van der Waals surface area contributed by atoms with Crippen LogP contribution in [0.3, 0.4) is 0 Å². The Bertz CT molecular complexity index is 2060. The lowest BCUT2D eigenvalue weighted by Crippen LogP contribution is -2.43. The van der Waals surface area contributed by atoms with Crippen molar-refractivity contribution in [3.05, 3.63) is 52.1 Å². The lowest BCUT2D eigenvalue weighted by Gasteiger charge is -2.32. The fourth-order valence-corrected chi connectivity index (χ4v) is 9.41. The summed E-state index contributed by atoms with van der Waals surface area (Å²) in [7, 11) is 0. The van der Waals surface area contributed by atoms with Gasteiger partial charge in [-0.25, -0.2) is 22.6 Å². The van der Waals surface area contributed by atoms with Crippen LogP contribution in [0.1, 0.15) is 36.8 Å². The Labute approximate surface area is 297 Å². The van der Waals surface area contributed by atoms with Crippen molar-refractivity contribution in [3.63, 3.8) is 0 Å². The zero-order valence-electron chi connectivity index (χ0n) is 26.2. The first-order chi connectivity index (χ1) is 24.0. The van der Waals surface area contributed by atoms with Gasteiger partial charge in [-0.15, -0.1) is 11.3 Å². The van der Waals surface area contributed by atoms with Gasteiger partial charge < -0.3 is 30.3 Å². The van der Waals surface area contributed by atoms with E-state index in [1.54, 1.807) is 4.90 Å². The van der Waals surface area contributed by atoms with Gasteiger partial charge in [0.15, 0.2) is 11.6 Å². The zero-order valence-corrected chi connectivity index (χ0v) is 28.6. The molecule has 0 bridgehead atoms. The maximum atomic E-state index is 17.2. The summed E-state index contributed by atoms with van der Waals surface area (Å²) >= 11 is 13.4. The summed E-state index contributed by atoms with van der Waals surface area (Å²) in [6.07, 6.45) is 2.76. The average Bonchev–Trinajstić information content (AvgIpc) is 3.84. The fourth-order valence-electron chi connectivity index (χ4n) is 7.98. The van der Waals surface area contributed by atoms with Gasteiger partial charge in [-0.2, -0.15) is 5.26 Å². The number of amidine groups is 1. The molecule has 3 saturated heterocycles. The van der Waals surface area contributed by atoms with Crippen LogP contribution < -0.4 is 15.8 Å². The number of nitrogen functional groups attached to an aromatic ring is 1. The number of anilines is 2.